The summed E-state index contributed by atoms with van der Waals surface area (Å²) in [6.07, 6.45) is 9.93. The Labute approximate surface area is 115 Å². The van der Waals surface area contributed by atoms with E-state index in [1.807, 2.05) is 18.5 Å². The quantitative estimate of drug-likeness (QED) is 0.765. The van der Waals surface area contributed by atoms with Crippen molar-refractivity contribution in [1.82, 2.24) is 24.9 Å². The number of fused-ring (bicyclic) bond motifs is 1. The van der Waals surface area contributed by atoms with Gasteiger partial charge in [0.1, 0.15) is 17.8 Å². The molecule has 1 fully saturated rings. The second kappa shape index (κ2) is 4.56. The lowest BCUT2D eigenvalue weighted by atomic mass is 10.1. The molecule has 0 radical (unpaired) electrons. The molecule has 6 heteroatoms. The molecule has 3 aromatic rings. The van der Waals surface area contributed by atoms with Crippen LogP contribution in [-0.2, 0) is 0 Å². The monoisotopic (exact) mass is 266 g/mol. The van der Waals surface area contributed by atoms with Crippen LogP contribution in [0.3, 0.4) is 0 Å². The summed E-state index contributed by atoms with van der Waals surface area (Å²) in [4.78, 5) is 22.7. The van der Waals surface area contributed by atoms with E-state index < -0.39 is 0 Å². The van der Waals surface area contributed by atoms with Gasteiger partial charge in [-0.3, -0.25) is 9.97 Å². The van der Waals surface area contributed by atoms with Crippen molar-refractivity contribution in [2.24, 2.45) is 0 Å². The maximum atomic E-state index is 4.45. The third-order valence-corrected chi connectivity index (χ3v) is 3.82. The summed E-state index contributed by atoms with van der Waals surface area (Å²) in [5, 5.41) is 1.08. The van der Waals surface area contributed by atoms with Crippen LogP contribution in [0.2, 0.25) is 0 Å². The molecule has 0 amide bonds. The summed E-state index contributed by atoms with van der Waals surface area (Å²) in [5.74, 6) is 1.43. The van der Waals surface area contributed by atoms with Crippen molar-refractivity contribution < 1.29 is 0 Å². The lowest BCUT2D eigenvalue weighted by Crippen LogP contribution is -2.21. The number of hydrogen-bond acceptors (Lipinski definition) is 5. The first-order chi connectivity index (χ1) is 9.92. The number of aromatic nitrogens is 5. The van der Waals surface area contributed by atoms with E-state index in [4.69, 9.17) is 0 Å². The minimum Gasteiger partial charge on any atom is -0.355 e. The Morgan fingerprint density at radius 3 is 3.10 bits per heavy atom. The van der Waals surface area contributed by atoms with E-state index >= 15 is 0 Å². The summed E-state index contributed by atoms with van der Waals surface area (Å²) in [6.45, 7) is 1.91. The standard InChI is InChI=1S/C14H14N6/c1-3-17-13-11(1)14(19-9-18-13)20-6-2-10(8-20)12-7-15-4-5-16-12/h1,3-5,7,9-10H,2,6,8H2,(H,17,18,19)/t10-/m1/s1. The zero-order valence-corrected chi connectivity index (χ0v) is 10.9. The molecule has 0 spiro atoms. The number of H-pyrrole nitrogens is 1. The van der Waals surface area contributed by atoms with Crippen LogP contribution < -0.4 is 4.90 Å². The molecule has 6 nitrogen and oxygen atoms in total. The molecule has 0 saturated carbocycles. The zero-order chi connectivity index (χ0) is 13.4. The maximum absolute atomic E-state index is 4.45. The molecule has 1 saturated heterocycles. The third-order valence-electron chi connectivity index (χ3n) is 3.82. The highest BCUT2D eigenvalue weighted by Gasteiger charge is 2.27. The Kier molecular flexibility index (Phi) is 2.58. The van der Waals surface area contributed by atoms with E-state index in [0.717, 1.165) is 42.1 Å². The number of aromatic amines is 1. The molecule has 1 atom stereocenters. The summed E-state index contributed by atoms with van der Waals surface area (Å²) in [6, 6.07) is 2.03. The average molecular weight is 266 g/mol. The van der Waals surface area contributed by atoms with Crippen molar-refractivity contribution in [1.29, 1.82) is 0 Å². The highest BCUT2D eigenvalue weighted by atomic mass is 15.2. The lowest BCUT2D eigenvalue weighted by Gasteiger charge is -2.17. The fraction of sp³-hybridized carbons (Fsp3) is 0.286. The van der Waals surface area contributed by atoms with Crippen molar-refractivity contribution in [3.05, 3.63) is 42.9 Å². The SMILES string of the molecule is c1cnc([C@@H]2CCN(c3ncnc4[nH]ccc34)C2)cn1. The van der Waals surface area contributed by atoms with Crippen LogP contribution in [-0.4, -0.2) is 38.0 Å². The fourth-order valence-corrected chi connectivity index (χ4v) is 2.83. The van der Waals surface area contributed by atoms with Crippen LogP contribution in [0.4, 0.5) is 5.82 Å². The fourth-order valence-electron chi connectivity index (χ4n) is 2.83. The van der Waals surface area contributed by atoms with Crippen molar-refractivity contribution in [2.45, 2.75) is 12.3 Å². The van der Waals surface area contributed by atoms with Gasteiger partial charge in [-0.25, -0.2) is 9.97 Å². The molecule has 0 aliphatic carbocycles. The van der Waals surface area contributed by atoms with Gasteiger partial charge in [-0.1, -0.05) is 0 Å². The molecule has 100 valence electrons. The molecule has 20 heavy (non-hydrogen) atoms. The van der Waals surface area contributed by atoms with Gasteiger partial charge in [0.25, 0.3) is 0 Å². The average Bonchev–Trinajstić information content (AvgIpc) is 3.17. The Balaban J connectivity index is 1.64. The molecule has 0 unspecified atom stereocenters. The Morgan fingerprint density at radius 2 is 2.20 bits per heavy atom. The summed E-state index contributed by atoms with van der Waals surface area (Å²) in [7, 11) is 0. The minimum absolute atomic E-state index is 0.424. The van der Waals surface area contributed by atoms with Gasteiger partial charge in [0.05, 0.1) is 11.1 Å². The zero-order valence-electron chi connectivity index (χ0n) is 10.9. The predicted molar refractivity (Wildman–Crippen MR) is 75.5 cm³/mol. The molecule has 4 heterocycles. The molecular weight excluding hydrogens is 252 g/mol. The Bertz CT molecular complexity index is 723. The minimum atomic E-state index is 0.424. The Morgan fingerprint density at radius 1 is 1.20 bits per heavy atom. The van der Waals surface area contributed by atoms with Gasteiger partial charge in [0, 0.05) is 43.8 Å². The Hall–Kier alpha value is -2.50. The topological polar surface area (TPSA) is 70.6 Å². The molecule has 1 aliphatic rings. The van der Waals surface area contributed by atoms with Gasteiger partial charge in [0.2, 0.25) is 0 Å². The number of nitrogens with one attached hydrogen (secondary N) is 1. The molecule has 0 bridgehead atoms. The smallest absolute Gasteiger partial charge is 0.142 e. The largest absolute Gasteiger partial charge is 0.355 e. The molecule has 1 aliphatic heterocycles. The van der Waals surface area contributed by atoms with Crippen LogP contribution in [0.15, 0.2) is 37.2 Å². The van der Waals surface area contributed by atoms with Crippen molar-refractivity contribution in [2.75, 3.05) is 18.0 Å². The van der Waals surface area contributed by atoms with Gasteiger partial charge < -0.3 is 9.88 Å². The van der Waals surface area contributed by atoms with Crippen LogP contribution in [0.5, 0.6) is 0 Å². The predicted octanol–water partition coefficient (Wildman–Crippen LogP) is 1.74. The first-order valence-electron chi connectivity index (χ1n) is 6.71. The summed E-state index contributed by atoms with van der Waals surface area (Å²) < 4.78 is 0. The number of rotatable bonds is 2. The van der Waals surface area contributed by atoms with Gasteiger partial charge in [-0.05, 0) is 12.5 Å². The van der Waals surface area contributed by atoms with Crippen LogP contribution in [0, 0.1) is 0 Å². The second-order valence-electron chi connectivity index (χ2n) is 5.00. The third kappa shape index (κ3) is 1.80. The van der Waals surface area contributed by atoms with Gasteiger partial charge in [-0.2, -0.15) is 0 Å². The van der Waals surface area contributed by atoms with Crippen LogP contribution in [0.25, 0.3) is 11.0 Å². The van der Waals surface area contributed by atoms with Crippen LogP contribution >= 0.6 is 0 Å². The molecule has 4 rings (SSSR count). The first-order valence-corrected chi connectivity index (χ1v) is 6.71. The maximum Gasteiger partial charge on any atom is 0.142 e. The molecule has 3 aromatic heterocycles. The van der Waals surface area contributed by atoms with Crippen molar-refractivity contribution in [3.8, 4) is 0 Å². The lowest BCUT2D eigenvalue weighted by molar-refractivity contribution is 0.737. The van der Waals surface area contributed by atoms with E-state index in [-0.39, 0.29) is 0 Å². The summed E-state index contributed by atoms with van der Waals surface area (Å²) in [5.41, 5.74) is 1.95. The molecular formula is C14H14N6. The van der Waals surface area contributed by atoms with Gasteiger partial charge >= 0.3 is 0 Å². The van der Waals surface area contributed by atoms with Crippen LogP contribution in [0.1, 0.15) is 18.0 Å². The molecule has 1 N–H and O–H groups in total. The van der Waals surface area contributed by atoms with Gasteiger partial charge in [-0.15, -0.1) is 0 Å². The van der Waals surface area contributed by atoms with Crippen molar-refractivity contribution >= 4 is 16.9 Å². The van der Waals surface area contributed by atoms with E-state index in [1.165, 1.54) is 0 Å². The van der Waals surface area contributed by atoms with E-state index in [2.05, 4.69) is 29.8 Å². The number of anilines is 1. The van der Waals surface area contributed by atoms with Gasteiger partial charge in [0.15, 0.2) is 0 Å². The second-order valence-corrected chi connectivity index (χ2v) is 5.00. The molecule has 0 aromatic carbocycles. The van der Waals surface area contributed by atoms with E-state index in [9.17, 15) is 0 Å². The number of hydrogen-bond donors (Lipinski definition) is 1. The first kappa shape index (κ1) is 11.3. The van der Waals surface area contributed by atoms with E-state index in [0.29, 0.717) is 5.92 Å². The summed E-state index contributed by atoms with van der Waals surface area (Å²) >= 11 is 0. The van der Waals surface area contributed by atoms with E-state index in [1.54, 1.807) is 18.7 Å². The highest BCUT2D eigenvalue weighted by molar-refractivity contribution is 5.87. The normalized spacial score (nSPS) is 18.8. The van der Waals surface area contributed by atoms with Crippen molar-refractivity contribution in [3.63, 3.8) is 0 Å². The highest BCUT2D eigenvalue weighted by Crippen LogP contribution is 2.31. The number of nitrogens with zero attached hydrogens (tertiary/aromatic N) is 5.